The Balaban J connectivity index is 2.06. The lowest BCUT2D eigenvalue weighted by Gasteiger charge is -2.04. The molecule has 2 aromatic rings. The lowest BCUT2D eigenvalue weighted by molar-refractivity contribution is 0.627. The molecule has 0 aromatic heterocycles. The molecule has 0 amide bonds. The highest BCUT2D eigenvalue weighted by Crippen LogP contribution is 2.27. The van der Waals surface area contributed by atoms with Gasteiger partial charge in [-0.2, -0.15) is 0 Å². The molecule has 0 atom stereocenters. The number of rotatable bonds is 3. The Kier molecular flexibility index (Phi) is 4.49. The van der Waals surface area contributed by atoms with Gasteiger partial charge in [-0.15, -0.1) is 11.8 Å². The zero-order chi connectivity index (χ0) is 13.1. The van der Waals surface area contributed by atoms with Crippen LogP contribution in [0, 0.1) is 11.6 Å². The maximum absolute atomic E-state index is 13.2. The smallest absolute Gasteiger partial charge is 0.142 e. The van der Waals surface area contributed by atoms with Crippen molar-refractivity contribution in [3.63, 3.8) is 0 Å². The van der Waals surface area contributed by atoms with E-state index in [0.29, 0.717) is 5.75 Å². The van der Waals surface area contributed by atoms with E-state index in [-0.39, 0.29) is 10.0 Å². The van der Waals surface area contributed by atoms with Crippen LogP contribution < -0.4 is 0 Å². The summed E-state index contributed by atoms with van der Waals surface area (Å²) in [4.78, 5) is 0.830. The summed E-state index contributed by atoms with van der Waals surface area (Å²) in [5, 5.41) is 0.191. The van der Waals surface area contributed by atoms with Crippen LogP contribution in [0.25, 0.3) is 0 Å². The van der Waals surface area contributed by atoms with E-state index >= 15 is 0 Å². The van der Waals surface area contributed by atoms with E-state index in [9.17, 15) is 8.78 Å². The summed E-state index contributed by atoms with van der Waals surface area (Å²) in [6, 6.07) is 9.16. The summed E-state index contributed by atoms with van der Waals surface area (Å²) in [5.74, 6) is -0.318. The molecule has 18 heavy (non-hydrogen) atoms. The fourth-order valence-corrected chi connectivity index (χ4v) is 2.60. The molecule has 0 radical (unpaired) electrons. The van der Waals surface area contributed by atoms with E-state index < -0.39 is 11.6 Å². The summed E-state index contributed by atoms with van der Waals surface area (Å²) < 4.78 is 26.2. The predicted octanol–water partition coefficient (Wildman–Crippen LogP) is 5.56. The largest absolute Gasteiger partial charge is 0.205 e. The molecule has 0 saturated carbocycles. The van der Waals surface area contributed by atoms with Crippen LogP contribution in [0.15, 0.2) is 41.3 Å². The number of halogens is 4. The van der Waals surface area contributed by atoms with Gasteiger partial charge in [-0.3, -0.25) is 0 Å². The Morgan fingerprint density at radius 2 is 1.67 bits per heavy atom. The Morgan fingerprint density at radius 3 is 2.33 bits per heavy atom. The van der Waals surface area contributed by atoms with Crippen LogP contribution in [-0.2, 0) is 5.75 Å². The van der Waals surface area contributed by atoms with Gasteiger partial charge in [0.05, 0.1) is 10.0 Å². The normalized spacial score (nSPS) is 10.7. The van der Waals surface area contributed by atoms with Crippen molar-refractivity contribution in [2.75, 3.05) is 0 Å². The fraction of sp³-hybridized carbons (Fsp3) is 0.0769. The quantitative estimate of drug-likeness (QED) is 0.669. The highest BCUT2D eigenvalue weighted by Gasteiger charge is 2.04. The minimum Gasteiger partial charge on any atom is -0.205 e. The third-order valence-electron chi connectivity index (χ3n) is 2.28. The second-order valence-electron chi connectivity index (χ2n) is 3.61. The van der Waals surface area contributed by atoms with E-state index in [0.717, 1.165) is 10.5 Å². The summed E-state index contributed by atoms with van der Waals surface area (Å²) >= 11 is 12.7. The second kappa shape index (κ2) is 5.91. The zero-order valence-electron chi connectivity index (χ0n) is 9.09. The minimum absolute atomic E-state index is 0.0855. The highest BCUT2D eigenvalue weighted by atomic mass is 35.5. The van der Waals surface area contributed by atoms with E-state index in [2.05, 4.69) is 0 Å². The fourth-order valence-electron chi connectivity index (χ4n) is 1.36. The maximum Gasteiger partial charge on any atom is 0.142 e. The number of hydrogen-bond acceptors (Lipinski definition) is 1. The van der Waals surface area contributed by atoms with E-state index in [1.807, 2.05) is 0 Å². The molecule has 0 bridgehead atoms. The van der Waals surface area contributed by atoms with Crippen LogP contribution >= 0.6 is 35.0 Å². The van der Waals surface area contributed by atoms with Crippen molar-refractivity contribution in [1.82, 2.24) is 0 Å². The van der Waals surface area contributed by atoms with E-state index in [1.54, 1.807) is 18.2 Å². The van der Waals surface area contributed by atoms with Gasteiger partial charge in [0.25, 0.3) is 0 Å². The molecule has 0 aliphatic carbocycles. The molecular weight excluding hydrogens is 297 g/mol. The molecule has 2 rings (SSSR count). The summed E-state index contributed by atoms with van der Waals surface area (Å²) in [5.41, 5.74) is 0.808. The molecule has 0 aliphatic heterocycles. The zero-order valence-corrected chi connectivity index (χ0v) is 11.4. The molecule has 0 saturated heterocycles. The van der Waals surface area contributed by atoms with Crippen molar-refractivity contribution in [3.8, 4) is 0 Å². The molecule has 0 N–H and O–H groups in total. The average Bonchev–Trinajstić information content (AvgIpc) is 2.35. The number of hydrogen-bond donors (Lipinski definition) is 0. The topological polar surface area (TPSA) is 0 Å². The molecule has 5 heteroatoms. The highest BCUT2D eigenvalue weighted by molar-refractivity contribution is 7.98. The van der Waals surface area contributed by atoms with Gasteiger partial charge in [0, 0.05) is 10.6 Å². The third kappa shape index (κ3) is 3.37. The van der Waals surface area contributed by atoms with Gasteiger partial charge in [-0.1, -0.05) is 29.3 Å². The van der Waals surface area contributed by atoms with Crippen LogP contribution in [0.2, 0.25) is 10.0 Å². The Labute approximate surface area is 118 Å². The van der Waals surface area contributed by atoms with Crippen molar-refractivity contribution in [3.05, 3.63) is 63.6 Å². The van der Waals surface area contributed by atoms with Gasteiger partial charge in [0.2, 0.25) is 0 Å². The lowest BCUT2D eigenvalue weighted by atomic mass is 10.2. The van der Waals surface area contributed by atoms with Gasteiger partial charge < -0.3 is 0 Å². The van der Waals surface area contributed by atoms with Crippen LogP contribution in [-0.4, -0.2) is 0 Å². The Hall–Kier alpha value is -0.770. The Morgan fingerprint density at radius 1 is 0.889 bits per heavy atom. The average molecular weight is 305 g/mol. The van der Waals surface area contributed by atoms with Crippen LogP contribution in [0.5, 0.6) is 0 Å². The number of thioether (sulfide) groups is 1. The van der Waals surface area contributed by atoms with E-state index in [1.165, 1.54) is 30.0 Å². The van der Waals surface area contributed by atoms with Gasteiger partial charge in [0.1, 0.15) is 11.6 Å². The van der Waals surface area contributed by atoms with Crippen molar-refractivity contribution < 1.29 is 8.78 Å². The first-order chi connectivity index (χ1) is 8.56. The van der Waals surface area contributed by atoms with Crippen LogP contribution in [0.1, 0.15) is 5.56 Å². The van der Waals surface area contributed by atoms with Crippen molar-refractivity contribution >= 4 is 35.0 Å². The van der Waals surface area contributed by atoms with E-state index in [4.69, 9.17) is 23.2 Å². The molecule has 0 aliphatic rings. The third-order valence-corrected chi connectivity index (χ3v) is 3.94. The summed E-state index contributed by atoms with van der Waals surface area (Å²) in [7, 11) is 0. The number of benzene rings is 2. The first-order valence-corrected chi connectivity index (χ1v) is 6.82. The Bertz CT molecular complexity index is 521. The summed E-state index contributed by atoms with van der Waals surface area (Å²) in [6.45, 7) is 0. The van der Waals surface area contributed by atoms with Gasteiger partial charge in [-0.25, -0.2) is 8.78 Å². The predicted molar refractivity (Wildman–Crippen MR) is 72.4 cm³/mol. The van der Waals surface area contributed by atoms with Crippen molar-refractivity contribution in [2.45, 2.75) is 10.6 Å². The van der Waals surface area contributed by atoms with Gasteiger partial charge in [-0.05, 0) is 35.9 Å². The molecule has 94 valence electrons. The molecular formula is C13H8Cl2F2S. The SMILES string of the molecule is Fc1cc(CSc2ccc(F)c(Cl)c2)ccc1Cl. The standard InChI is InChI=1S/C13H8Cl2F2S/c14-10-3-1-8(5-13(10)17)7-18-9-2-4-12(16)11(15)6-9/h1-6H,7H2. The summed E-state index contributed by atoms with van der Waals surface area (Å²) in [6.07, 6.45) is 0. The first kappa shape index (κ1) is 13.7. The minimum atomic E-state index is -0.446. The monoisotopic (exact) mass is 304 g/mol. The van der Waals surface area contributed by atoms with Crippen molar-refractivity contribution in [1.29, 1.82) is 0 Å². The molecule has 0 heterocycles. The second-order valence-corrected chi connectivity index (χ2v) is 5.48. The first-order valence-electron chi connectivity index (χ1n) is 5.08. The molecule has 0 nitrogen and oxygen atoms in total. The van der Waals surface area contributed by atoms with Gasteiger partial charge in [0.15, 0.2) is 0 Å². The maximum atomic E-state index is 13.2. The molecule has 0 spiro atoms. The molecule has 0 unspecified atom stereocenters. The molecule has 2 aromatic carbocycles. The molecule has 0 fully saturated rings. The van der Waals surface area contributed by atoms with Crippen LogP contribution in [0.4, 0.5) is 8.78 Å². The lowest BCUT2D eigenvalue weighted by Crippen LogP contribution is -1.85. The van der Waals surface area contributed by atoms with Gasteiger partial charge >= 0.3 is 0 Å². The van der Waals surface area contributed by atoms with Crippen molar-refractivity contribution in [2.24, 2.45) is 0 Å². The van der Waals surface area contributed by atoms with Crippen LogP contribution in [0.3, 0.4) is 0 Å².